The molecule has 0 bridgehead atoms. The number of hydrogen-bond acceptors (Lipinski definition) is 4. The van der Waals surface area contributed by atoms with Crippen LogP contribution in [-0.2, 0) is 26.2 Å². The molecule has 2 rings (SSSR count). The number of benzene rings is 2. The molecule has 10 heteroatoms. The van der Waals surface area contributed by atoms with E-state index in [-0.39, 0.29) is 42.1 Å². The van der Waals surface area contributed by atoms with Gasteiger partial charge in [-0.3, -0.25) is 9.59 Å². The maximum Gasteiger partial charge on any atom is 0.242 e. The Bertz CT molecular complexity index is 1130. The maximum atomic E-state index is 13.4. The lowest BCUT2D eigenvalue weighted by molar-refractivity contribution is -0.141. The average Bonchev–Trinajstić information content (AvgIpc) is 2.84. The van der Waals surface area contributed by atoms with Crippen molar-refractivity contribution in [2.75, 3.05) is 20.1 Å². The number of hydrogen-bond donors (Lipinski definition) is 1. The van der Waals surface area contributed by atoms with E-state index >= 15 is 0 Å². The minimum Gasteiger partial charge on any atom is -0.354 e. The van der Waals surface area contributed by atoms with Crippen LogP contribution in [0.2, 0.25) is 10.0 Å². The number of carbonyl (C=O) groups is 2. The Hall–Kier alpha value is -2.13. The van der Waals surface area contributed by atoms with E-state index in [0.29, 0.717) is 35.0 Å². The molecule has 0 aliphatic heterocycles. The summed E-state index contributed by atoms with van der Waals surface area (Å²) < 4.78 is 26.8. The molecule has 0 saturated heterocycles. The first-order chi connectivity index (χ1) is 17.0. The first kappa shape index (κ1) is 30.1. The molecule has 1 N–H and O–H groups in total. The quantitative estimate of drug-likeness (QED) is 0.377. The first-order valence-corrected chi connectivity index (χ1v) is 14.2. The van der Waals surface area contributed by atoms with Gasteiger partial charge in [-0.1, -0.05) is 68.2 Å². The smallest absolute Gasteiger partial charge is 0.242 e. The highest BCUT2D eigenvalue weighted by molar-refractivity contribution is 7.89. The third-order valence-corrected chi connectivity index (χ3v) is 8.20. The summed E-state index contributed by atoms with van der Waals surface area (Å²) in [6, 6.07) is 12.5. The fourth-order valence-electron chi connectivity index (χ4n) is 3.66. The van der Waals surface area contributed by atoms with Crippen molar-refractivity contribution in [3.05, 3.63) is 64.1 Å². The molecule has 36 heavy (non-hydrogen) atoms. The number of nitrogens with zero attached hydrogens (tertiary/aromatic N) is 2. The number of sulfonamides is 1. The van der Waals surface area contributed by atoms with Gasteiger partial charge in [0.15, 0.2) is 0 Å². The van der Waals surface area contributed by atoms with Crippen LogP contribution in [0.5, 0.6) is 0 Å². The van der Waals surface area contributed by atoms with Crippen LogP contribution in [0.15, 0.2) is 53.4 Å². The molecule has 0 spiro atoms. The highest BCUT2D eigenvalue weighted by atomic mass is 35.5. The van der Waals surface area contributed by atoms with Crippen molar-refractivity contribution in [2.45, 2.75) is 57.5 Å². The van der Waals surface area contributed by atoms with Gasteiger partial charge in [0.2, 0.25) is 21.8 Å². The molecule has 0 aromatic heterocycles. The second-order valence-electron chi connectivity index (χ2n) is 9.06. The van der Waals surface area contributed by atoms with Crippen molar-refractivity contribution in [3.8, 4) is 0 Å². The normalized spacial score (nSPS) is 12.6. The standard InChI is InChI=1S/C26H35Cl2N3O4S/c1-5-24(26(33)29-17-19(2)3)31(18-20-13-14-21(27)16-23(20)28)25(32)12-9-15-30(4)36(34,35)22-10-7-6-8-11-22/h6-8,10-11,13-14,16,19,24H,5,9,12,15,17-18H2,1-4H3,(H,29,33)/t24-/m0/s1. The molecule has 1 atom stereocenters. The molecule has 0 fully saturated rings. The Morgan fingerprint density at radius 2 is 1.72 bits per heavy atom. The lowest BCUT2D eigenvalue weighted by Gasteiger charge is -2.31. The van der Waals surface area contributed by atoms with Crippen LogP contribution < -0.4 is 5.32 Å². The number of halogens is 2. The highest BCUT2D eigenvalue weighted by Crippen LogP contribution is 2.24. The summed E-state index contributed by atoms with van der Waals surface area (Å²) >= 11 is 12.4. The van der Waals surface area contributed by atoms with E-state index in [0.717, 1.165) is 0 Å². The minimum absolute atomic E-state index is 0.0772. The molecule has 2 aromatic rings. The fourth-order valence-corrected chi connectivity index (χ4v) is 5.36. The summed E-state index contributed by atoms with van der Waals surface area (Å²) in [4.78, 5) is 28.1. The van der Waals surface area contributed by atoms with Crippen LogP contribution in [0.4, 0.5) is 0 Å². The zero-order valence-electron chi connectivity index (χ0n) is 21.2. The molecule has 0 aliphatic rings. The molecule has 0 aliphatic carbocycles. The largest absolute Gasteiger partial charge is 0.354 e. The Balaban J connectivity index is 2.16. The third-order valence-electron chi connectivity index (χ3n) is 5.74. The minimum atomic E-state index is -3.65. The summed E-state index contributed by atoms with van der Waals surface area (Å²) in [5, 5.41) is 3.80. The van der Waals surface area contributed by atoms with E-state index in [4.69, 9.17) is 23.2 Å². The Labute approximate surface area is 224 Å². The van der Waals surface area contributed by atoms with Gasteiger partial charge in [0.1, 0.15) is 6.04 Å². The predicted molar refractivity (Wildman–Crippen MR) is 144 cm³/mol. The van der Waals surface area contributed by atoms with Crippen LogP contribution in [0.3, 0.4) is 0 Å². The van der Waals surface area contributed by atoms with Gasteiger partial charge in [-0.15, -0.1) is 0 Å². The van der Waals surface area contributed by atoms with E-state index in [9.17, 15) is 18.0 Å². The van der Waals surface area contributed by atoms with E-state index < -0.39 is 16.1 Å². The van der Waals surface area contributed by atoms with Crippen LogP contribution in [0.1, 0.15) is 45.6 Å². The van der Waals surface area contributed by atoms with Gasteiger partial charge in [0.25, 0.3) is 0 Å². The average molecular weight is 557 g/mol. The molecule has 2 amide bonds. The molecule has 198 valence electrons. The zero-order valence-corrected chi connectivity index (χ0v) is 23.5. The van der Waals surface area contributed by atoms with E-state index in [1.165, 1.54) is 28.4 Å². The van der Waals surface area contributed by atoms with E-state index in [1.54, 1.807) is 36.4 Å². The van der Waals surface area contributed by atoms with Gasteiger partial charge >= 0.3 is 0 Å². The van der Waals surface area contributed by atoms with Gasteiger partial charge in [0.05, 0.1) is 4.90 Å². The topological polar surface area (TPSA) is 86.8 Å². The van der Waals surface area contributed by atoms with E-state index in [1.807, 2.05) is 20.8 Å². The second-order valence-corrected chi connectivity index (χ2v) is 12.0. The van der Waals surface area contributed by atoms with Crippen molar-refractivity contribution in [1.82, 2.24) is 14.5 Å². The Morgan fingerprint density at radius 1 is 1.06 bits per heavy atom. The van der Waals surface area contributed by atoms with Crippen LogP contribution >= 0.6 is 23.2 Å². The van der Waals surface area contributed by atoms with Crippen LogP contribution in [0.25, 0.3) is 0 Å². The molecule has 2 aromatic carbocycles. The van der Waals surface area contributed by atoms with Crippen molar-refractivity contribution in [1.29, 1.82) is 0 Å². The summed E-state index contributed by atoms with van der Waals surface area (Å²) in [5.74, 6) is -0.213. The zero-order chi connectivity index (χ0) is 26.9. The second kappa shape index (κ2) is 14.0. The monoisotopic (exact) mass is 555 g/mol. The number of nitrogens with one attached hydrogen (secondary N) is 1. The lowest BCUT2D eigenvalue weighted by Crippen LogP contribution is -2.49. The number of carbonyl (C=O) groups excluding carboxylic acids is 2. The van der Waals surface area contributed by atoms with Crippen LogP contribution in [-0.4, -0.2) is 55.6 Å². The van der Waals surface area contributed by atoms with Crippen molar-refractivity contribution < 1.29 is 18.0 Å². The lowest BCUT2D eigenvalue weighted by atomic mass is 10.1. The van der Waals surface area contributed by atoms with E-state index in [2.05, 4.69) is 5.32 Å². The first-order valence-electron chi connectivity index (χ1n) is 12.0. The number of amides is 2. The molecule has 7 nitrogen and oxygen atoms in total. The summed E-state index contributed by atoms with van der Waals surface area (Å²) in [5.41, 5.74) is 0.674. The third kappa shape index (κ3) is 8.47. The Morgan fingerprint density at radius 3 is 2.31 bits per heavy atom. The maximum absolute atomic E-state index is 13.4. The van der Waals surface area contributed by atoms with Gasteiger partial charge in [0, 0.05) is 43.1 Å². The summed E-state index contributed by atoms with van der Waals surface area (Å²) in [6.45, 7) is 6.65. The van der Waals surface area contributed by atoms with Gasteiger partial charge in [-0.2, -0.15) is 0 Å². The van der Waals surface area contributed by atoms with Crippen molar-refractivity contribution >= 4 is 45.0 Å². The van der Waals surface area contributed by atoms with Gasteiger partial charge < -0.3 is 10.2 Å². The van der Waals surface area contributed by atoms with Crippen molar-refractivity contribution in [2.24, 2.45) is 5.92 Å². The molecular formula is C26H35Cl2N3O4S. The van der Waals surface area contributed by atoms with Crippen LogP contribution in [0, 0.1) is 5.92 Å². The molecular weight excluding hydrogens is 521 g/mol. The SMILES string of the molecule is CC[C@@H](C(=O)NCC(C)C)N(Cc1ccc(Cl)cc1Cl)C(=O)CCCN(C)S(=O)(=O)c1ccccc1. The predicted octanol–water partition coefficient (Wildman–Crippen LogP) is 4.97. The summed E-state index contributed by atoms with van der Waals surface area (Å²) in [6.07, 6.45) is 0.799. The van der Waals surface area contributed by atoms with Gasteiger partial charge in [-0.25, -0.2) is 12.7 Å². The molecule has 0 radical (unpaired) electrons. The number of rotatable bonds is 13. The fraction of sp³-hybridized carbons (Fsp3) is 0.462. The molecule has 0 heterocycles. The molecule has 0 unspecified atom stereocenters. The highest BCUT2D eigenvalue weighted by Gasteiger charge is 2.29. The van der Waals surface area contributed by atoms with Gasteiger partial charge in [-0.05, 0) is 48.6 Å². The summed E-state index contributed by atoms with van der Waals surface area (Å²) in [7, 11) is -2.16. The molecule has 0 saturated carbocycles. The van der Waals surface area contributed by atoms with Crippen molar-refractivity contribution in [3.63, 3.8) is 0 Å². The Kier molecular flexibility index (Phi) is 11.7.